The first-order valence-electron chi connectivity index (χ1n) is 10.6. The average Bonchev–Trinajstić information content (AvgIpc) is 3.36. The average molecular weight is 399 g/mol. The smallest absolute Gasteiger partial charge is 0.242 e. The number of carbonyl (C=O) groups excluding carboxylic acids is 1. The summed E-state index contributed by atoms with van der Waals surface area (Å²) in [4.78, 5) is 17.9. The minimum Gasteiger partial charge on any atom is -0.352 e. The zero-order chi connectivity index (χ0) is 20.3. The molecule has 4 heteroatoms. The van der Waals surface area contributed by atoms with Crippen LogP contribution in [0.2, 0.25) is 0 Å². The van der Waals surface area contributed by atoms with Gasteiger partial charge >= 0.3 is 0 Å². The summed E-state index contributed by atoms with van der Waals surface area (Å²) >= 11 is 0. The van der Waals surface area contributed by atoms with Gasteiger partial charge in [-0.1, -0.05) is 91.0 Å². The molecule has 0 saturated carbocycles. The number of carbonyl (C=O) groups is 1. The molecule has 2 aliphatic rings. The highest BCUT2D eigenvalue weighted by molar-refractivity contribution is 5.85. The van der Waals surface area contributed by atoms with E-state index in [0.717, 1.165) is 25.1 Å². The molecule has 0 radical (unpaired) electrons. The quantitative estimate of drug-likeness (QED) is 0.617. The fraction of sp³-hybridized carbons (Fsp3) is 0.269. The second-order valence-electron chi connectivity index (χ2n) is 8.12. The highest BCUT2D eigenvalue weighted by Gasteiger charge is 2.49. The summed E-state index contributed by atoms with van der Waals surface area (Å²) < 4.78 is 6.03. The molecule has 152 valence electrons. The molecular weight excluding hydrogens is 372 g/mol. The number of rotatable bonds is 6. The third kappa shape index (κ3) is 3.76. The number of ether oxygens (including phenoxy) is 1. The van der Waals surface area contributed by atoms with Crippen LogP contribution in [-0.2, 0) is 22.6 Å². The maximum atomic E-state index is 13.6. The van der Waals surface area contributed by atoms with E-state index in [9.17, 15) is 4.79 Å². The molecule has 0 aliphatic carbocycles. The van der Waals surface area contributed by atoms with E-state index in [2.05, 4.69) is 53.4 Å². The molecule has 0 spiro atoms. The summed E-state index contributed by atoms with van der Waals surface area (Å²) in [5.41, 5.74) is 3.50. The molecule has 30 heavy (non-hydrogen) atoms. The van der Waals surface area contributed by atoms with Crippen molar-refractivity contribution in [2.75, 3.05) is 6.61 Å². The molecule has 2 fully saturated rings. The van der Waals surface area contributed by atoms with Gasteiger partial charge in [-0.15, -0.1) is 0 Å². The molecular formula is C26H26N2O2. The van der Waals surface area contributed by atoms with Crippen LogP contribution in [0.3, 0.4) is 0 Å². The zero-order valence-electron chi connectivity index (χ0n) is 16.9. The van der Waals surface area contributed by atoms with Crippen molar-refractivity contribution >= 4 is 5.91 Å². The Hall–Kier alpha value is -2.95. The maximum Gasteiger partial charge on any atom is 0.242 e. The summed E-state index contributed by atoms with van der Waals surface area (Å²) in [7, 11) is 0. The summed E-state index contributed by atoms with van der Waals surface area (Å²) in [6.45, 7) is 2.11. The van der Waals surface area contributed by atoms with Crippen molar-refractivity contribution in [3.63, 3.8) is 0 Å². The van der Waals surface area contributed by atoms with E-state index in [0.29, 0.717) is 6.61 Å². The Morgan fingerprint density at radius 2 is 1.33 bits per heavy atom. The molecule has 0 aromatic heterocycles. The van der Waals surface area contributed by atoms with Crippen molar-refractivity contribution in [3.05, 3.63) is 108 Å². The van der Waals surface area contributed by atoms with Crippen LogP contribution in [0.15, 0.2) is 91.0 Å². The van der Waals surface area contributed by atoms with Gasteiger partial charge in [-0.25, -0.2) is 0 Å². The van der Waals surface area contributed by atoms with Gasteiger partial charge in [0.15, 0.2) is 6.23 Å². The van der Waals surface area contributed by atoms with Gasteiger partial charge in [0.1, 0.15) is 0 Å². The maximum absolute atomic E-state index is 13.6. The van der Waals surface area contributed by atoms with Crippen LogP contribution in [0, 0.1) is 0 Å². The van der Waals surface area contributed by atoms with E-state index in [1.807, 2.05) is 47.4 Å². The molecule has 0 unspecified atom stereocenters. The monoisotopic (exact) mass is 398 g/mol. The molecule has 0 bridgehead atoms. The van der Waals surface area contributed by atoms with Crippen LogP contribution >= 0.6 is 0 Å². The van der Waals surface area contributed by atoms with Gasteiger partial charge in [0, 0.05) is 18.7 Å². The Bertz CT molecular complexity index is 936. The van der Waals surface area contributed by atoms with Crippen molar-refractivity contribution in [2.24, 2.45) is 0 Å². The number of hydrogen-bond acceptors (Lipinski definition) is 3. The molecule has 3 atom stereocenters. The summed E-state index contributed by atoms with van der Waals surface area (Å²) in [5.74, 6) is 0.179. The van der Waals surface area contributed by atoms with Gasteiger partial charge in [-0.2, -0.15) is 0 Å². The second-order valence-corrected chi connectivity index (χ2v) is 8.12. The highest BCUT2D eigenvalue weighted by Crippen LogP contribution is 2.39. The number of hydrogen-bond donors (Lipinski definition) is 0. The lowest BCUT2D eigenvalue weighted by Gasteiger charge is -2.29. The largest absolute Gasteiger partial charge is 0.352 e. The van der Waals surface area contributed by atoms with Gasteiger partial charge < -0.3 is 9.64 Å². The topological polar surface area (TPSA) is 32.8 Å². The first-order chi connectivity index (χ1) is 14.8. The van der Waals surface area contributed by atoms with Crippen molar-refractivity contribution in [2.45, 2.75) is 37.8 Å². The first kappa shape index (κ1) is 19.0. The molecule has 4 nitrogen and oxygen atoms in total. The number of nitrogens with zero attached hydrogens (tertiary/aromatic N) is 2. The predicted molar refractivity (Wildman–Crippen MR) is 116 cm³/mol. The van der Waals surface area contributed by atoms with Gasteiger partial charge in [0.25, 0.3) is 0 Å². The van der Waals surface area contributed by atoms with Crippen LogP contribution in [0.25, 0.3) is 0 Å². The third-order valence-corrected chi connectivity index (χ3v) is 6.11. The zero-order valence-corrected chi connectivity index (χ0v) is 16.9. The van der Waals surface area contributed by atoms with Crippen LogP contribution in [0.4, 0.5) is 0 Å². The van der Waals surface area contributed by atoms with Crippen molar-refractivity contribution in [1.82, 2.24) is 9.80 Å². The van der Waals surface area contributed by atoms with Crippen molar-refractivity contribution in [3.8, 4) is 0 Å². The van der Waals surface area contributed by atoms with Gasteiger partial charge in [0.05, 0.1) is 18.7 Å². The third-order valence-electron chi connectivity index (χ3n) is 6.11. The van der Waals surface area contributed by atoms with Crippen LogP contribution in [0.5, 0.6) is 0 Å². The Kier molecular flexibility index (Phi) is 5.35. The normalized spacial score (nSPS) is 23.2. The Labute approximate surface area is 177 Å². The summed E-state index contributed by atoms with van der Waals surface area (Å²) in [5, 5.41) is 0. The molecule has 0 N–H and O–H groups in total. The van der Waals surface area contributed by atoms with E-state index < -0.39 is 0 Å². The molecule has 3 aromatic carbocycles. The van der Waals surface area contributed by atoms with Crippen LogP contribution < -0.4 is 0 Å². The van der Waals surface area contributed by atoms with E-state index in [4.69, 9.17) is 4.74 Å². The Morgan fingerprint density at radius 3 is 1.90 bits per heavy atom. The first-order valence-corrected chi connectivity index (χ1v) is 10.6. The lowest BCUT2D eigenvalue weighted by atomic mass is 10.1. The molecule has 2 aliphatic heterocycles. The van der Waals surface area contributed by atoms with Gasteiger partial charge in [-0.05, 0) is 17.5 Å². The highest BCUT2D eigenvalue weighted by atomic mass is 16.5. The second kappa shape index (κ2) is 8.42. The van der Waals surface area contributed by atoms with Crippen LogP contribution in [0.1, 0.15) is 29.3 Å². The van der Waals surface area contributed by atoms with E-state index in [1.54, 1.807) is 0 Å². The minimum atomic E-state index is -0.274. The fourth-order valence-electron chi connectivity index (χ4n) is 4.65. The summed E-state index contributed by atoms with van der Waals surface area (Å²) in [6.07, 6.45) is 0.533. The van der Waals surface area contributed by atoms with Crippen LogP contribution in [-0.4, -0.2) is 34.4 Å². The van der Waals surface area contributed by atoms with Crippen molar-refractivity contribution < 1.29 is 9.53 Å². The Balaban J connectivity index is 1.41. The van der Waals surface area contributed by atoms with E-state index in [1.165, 1.54) is 11.1 Å². The van der Waals surface area contributed by atoms with Crippen molar-refractivity contribution in [1.29, 1.82) is 0 Å². The van der Waals surface area contributed by atoms with E-state index in [-0.39, 0.29) is 24.2 Å². The van der Waals surface area contributed by atoms with Gasteiger partial charge in [0.2, 0.25) is 5.91 Å². The number of benzene rings is 3. The molecule has 2 saturated heterocycles. The minimum absolute atomic E-state index is 0.134. The standard InChI is InChI=1S/C26H26N2O2/c29-25-24(16-23-19-30-26(28(23)25)22-14-8-3-9-15-22)27(17-20-10-4-1-5-11-20)18-21-12-6-2-7-13-21/h1-15,23-24,26H,16-19H2/t23-,24+,26+/m0/s1. The fourth-order valence-corrected chi connectivity index (χ4v) is 4.65. The molecule has 3 aromatic rings. The molecule has 5 rings (SSSR count). The summed E-state index contributed by atoms with van der Waals surface area (Å²) in [6, 6.07) is 30.9. The molecule has 1 amide bonds. The SMILES string of the molecule is O=C1[C@H](N(Cc2ccccc2)Cc2ccccc2)C[C@H]2CO[C@H](c3ccccc3)N12. The van der Waals surface area contributed by atoms with Gasteiger partial charge in [-0.3, -0.25) is 9.69 Å². The number of fused-ring (bicyclic) bond motifs is 1. The lowest BCUT2D eigenvalue weighted by molar-refractivity contribution is -0.139. The number of amides is 1. The van der Waals surface area contributed by atoms with E-state index >= 15 is 0 Å². The molecule has 2 heterocycles. The Morgan fingerprint density at radius 1 is 0.800 bits per heavy atom. The lowest BCUT2D eigenvalue weighted by Crippen LogP contribution is -2.42. The predicted octanol–water partition coefficient (Wildman–Crippen LogP) is 4.39.